The molecule has 3 nitrogen and oxygen atoms in total. The second-order valence-electron chi connectivity index (χ2n) is 3.90. The Balaban J connectivity index is 2.18. The Morgan fingerprint density at radius 1 is 1.38 bits per heavy atom. The van der Waals surface area contributed by atoms with Crippen LogP contribution in [0.3, 0.4) is 0 Å². The summed E-state index contributed by atoms with van der Waals surface area (Å²) in [6.45, 7) is 0. The highest BCUT2D eigenvalue weighted by molar-refractivity contribution is 5.89. The summed E-state index contributed by atoms with van der Waals surface area (Å²) < 4.78 is 4.63. The van der Waals surface area contributed by atoms with Crippen molar-refractivity contribution in [1.29, 1.82) is 0 Å². The predicted octanol–water partition coefficient (Wildman–Crippen LogP) is 2.83. The molecule has 2 rings (SSSR count). The first-order valence-electron chi connectivity index (χ1n) is 5.55. The van der Waals surface area contributed by atoms with Crippen LogP contribution in [-0.2, 0) is 4.74 Å². The standard InChI is InChI=1S/C13H15NO2/c1-16-13(15)11-7-8-12(14-9-11)10-5-3-2-4-6-10/h5,7-9H,2-4,6H2,1H3. The van der Waals surface area contributed by atoms with Gasteiger partial charge in [0, 0.05) is 6.20 Å². The highest BCUT2D eigenvalue weighted by atomic mass is 16.5. The topological polar surface area (TPSA) is 39.2 Å². The number of carbonyl (C=O) groups excluding carboxylic acids is 1. The van der Waals surface area contributed by atoms with Gasteiger partial charge in [-0.15, -0.1) is 0 Å². The number of esters is 1. The molecule has 0 fully saturated rings. The fraction of sp³-hybridized carbons (Fsp3) is 0.385. The number of hydrogen-bond acceptors (Lipinski definition) is 3. The molecule has 3 heteroatoms. The SMILES string of the molecule is COC(=O)c1ccc(C2=CCCCC2)nc1. The van der Waals surface area contributed by atoms with Crippen LogP contribution in [0.4, 0.5) is 0 Å². The van der Waals surface area contributed by atoms with Gasteiger partial charge in [-0.05, 0) is 43.4 Å². The van der Waals surface area contributed by atoms with E-state index in [1.807, 2.05) is 6.07 Å². The molecule has 1 aliphatic carbocycles. The molecule has 0 aromatic carbocycles. The molecule has 84 valence electrons. The van der Waals surface area contributed by atoms with Gasteiger partial charge in [-0.2, -0.15) is 0 Å². The highest BCUT2D eigenvalue weighted by Crippen LogP contribution is 2.25. The summed E-state index contributed by atoms with van der Waals surface area (Å²) >= 11 is 0. The van der Waals surface area contributed by atoms with Crippen molar-refractivity contribution in [3.63, 3.8) is 0 Å². The first-order valence-corrected chi connectivity index (χ1v) is 5.55. The minimum Gasteiger partial charge on any atom is -0.465 e. The van der Waals surface area contributed by atoms with Gasteiger partial charge in [0.25, 0.3) is 0 Å². The Kier molecular flexibility index (Phi) is 3.34. The third-order valence-electron chi connectivity index (χ3n) is 2.80. The molecule has 0 saturated carbocycles. The van der Waals surface area contributed by atoms with E-state index in [0.717, 1.165) is 18.5 Å². The van der Waals surface area contributed by atoms with Gasteiger partial charge in [0.15, 0.2) is 0 Å². The molecule has 0 unspecified atom stereocenters. The Morgan fingerprint density at radius 2 is 2.25 bits per heavy atom. The molecule has 0 N–H and O–H groups in total. The number of carbonyl (C=O) groups is 1. The number of allylic oxidation sites excluding steroid dienone is 2. The van der Waals surface area contributed by atoms with Crippen LogP contribution in [0.1, 0.15) is 41.7 Å². The molecule has 0 amide bonds. The van der Waals surface area contributed by atoms with Gasteiger partial charge in [0.2, 0.25) is 0 Å². The van der Waals surface area contributed by atoms with Crippen LogP contribution >= 0.6 is 0 Å². The summed E-state index contributed by atoms with van der Waals surface area (Å²) in [5, 5.41) is 0. The number of rotatable bonds is 2. The third-order valence-corrected chi connectivity index (χ3v) is 2.80. The maximum Gasteiger partial charge on any atom is 0.339 e. The number of hydrogen-bond donors (Lipinski definition) is 0. The summed E-state index contributed by atoms with van der Waals surface area (Å²) in [4.78, 5) is 15.5. The van der Waals surface area contributed by atoms with E-state index in [9.17, 15) is 4.79 Å². The molecule has 0 saturated heterocycles. The lowest BCUT2D eigenvalue weighted by atomic mass is 9.97. The van der Waals surface area contributed by atoms with Crippen LogP contribution in [0.5, 0.6) is 0 Å². The molecule has 1 heterocycles. The van der Waals surface area contributed by atoms with E-state index in [2.05, 4.69) is 15.8 Å². The number of ether oxygens (including phenoxy) is 1. The van der Waals surface area contributed by atoms with Crippen molar-refractivity contribution in [2.24, 2.45) is 0 Å². The maximum absolute atomic E-state index is 11.2. The summed E-state index contributed by atoms with van der Waals surface area (Å²) in [6, 6.07) is 3.66. The molecular weight excluding hydrogens is 202 g/mol. The largest absolute Gasteiger partial charge is 0.465 e. The smallest absolute Gasteiger partial charge is 0.339 e. The van der Waals surface area contributed by atoms with Gasteiger partial charge in [-0.1, -0.05) is 6.08 Å². The minimum absolute atomic E-state index is 0.336. The number of aromatic nitrogens is 1. The van der Waals surface area contributed by atoms with E-state index < -0.39 is 0 Å². The summed E-state index contributed by atoms with van der Waals surface area (Å²) in [7, 11) is 1.37. The Hall–Kier alpha value is -1.64. The van der Waals surface area contributed by atoms with Gasteiger partial charge in [0.05, 0.1) is 18.4 Å². The predicted molar refractivity (Wildman–Crippen MR) is 62.0 cm³/mol. The van der Waals surface area contributed by atoms with Crippen molar-refractivity contribution in [3.8, 4) is 0 Å². The van der Waals surface area contributed by atoms with E-state index in [4.69, 9.17) is 0 Å². The summed E-state index contributed by atoms with van der Waals surface area (Å²) in [6.07, 6.45) is 8.54. The van der Waals surface area contributed by atoms with Crippen LogP contribution < -0.4 is 0 Å². The van der Waals surface area contributed by atoms with Crippen molar-refractivity contribution in [2.45, 2.75) is 25.7 Å². The molecule has 0 bridgehead atoms. The zero-order valence-corrected chi connectivity index (χ0v) is 9.40. The van der Waals surface area contributed by atoms with Crippen molar-refractivity contribution >= 4 is 11.5 Å². The Bertz CT molecular complexity index is 406. The van der Waals surface area contributed by atoms with Crippen LogP contribution in [0, 0.1) is 0 Å². The quantitative estimate of drug-likeness (QED) is 0.715. The van der Waals surface area contributed by atoms with Gasteiger partial charge in [0.1, 0.15) is 0 Å². The van der Waals surface area contributed by atoms with E-state index in [-0.39, 0.29) is 5.97 Å². The van der Waals surface area contributed by atoms with Crippen molar-refractivity contribution in [1.82, 2.24) is 4.98 Å². The fourth-order valence-corrected chi connectivity index (χ4v) is 1.89. The van der Waals surface area contributed by atoms with Gasteiger partial charge in [-0.25, -0.2) is 4.79 Å². The van der Waals surface area contributed by atoms with E-state index >= 15 is 0 Å². The van der Waals surface area contributed by atoms with Crippen LogP contribution in [0.25, 0.3) is 5.57 Å². The van der Waals surface area contributed by atoms with Crippen LogP contribution in [0.2, 0.25) is 0 Å². The number of methoxy groups -OCH3 is 1. The third kappa shape index (κ3) is 2.30. The van der Waals surface area contributed by atoms with Crippen molar-refractivity contribution in [2.75, 3.05) is 7.11 Å². The van der Waals surface area contributed by atoms with Crippen LogP contribution in [-0.4, -0.2) is 18.1 Å². The molecule has 0 radical (unpaired) electrons. The second-order valence-corrected chi connectivity index (χ2v) is 3.90. The zero-order chi connectivity index (χ0) is 11.4. The lowest BCUT2D eigenvalue weighted by Crippen LogP contribution is -2.03. The lowest BCUT2D eigenvalue weighted by Gasteiger charge is -2.11. The van der Waals surface area contributed by atoms with E-state index in [1.54, 1.807) is 12.3 Å². The lowest BCUT2D eigenvalue weighted by molar-refractivity contribution is 0.0600. The zero-order valence-electron chi connectivity index (χ0n) is 9.40. The maximum atomic E-state index is 11.2. The number of nitrogens with zero attached hydrogens (tertiary/aromatic N) is 1. The molecule has 0 aliphatic heterocycles. The van der Waals surface area contributed by atoms with Gasteiger partial charge in [-0.3, -0.25) is 4.98 Å². The van der Waals surface area contributed by atoms with Gasteiger partial charge >= 0.3 is 5.97 Å². The van der Waals surface area contributed by atoms with Crippen molar-refractivity contribution < 1.29 is 9.53 Å². The fourth-order valence-electron chi connectivity index (χ4n) is 1.89. The molecule has 0 atom stereocenters. The first-order chi connectivity index (χ1) is 7.81. The second kappa shape index (κ2) is 4.92. The van der Waals surface area contributed by atoms with Gasteiger partial charge < -0.3 is 4.74 Å². The Labute approximate surface area is 95.2 Å². The minimum atomic E-state index is -0.336. The number of pyridine rings is 1. The molecule has 16 heavy (non-hydrogen) atoms. The van der Waals surface area contributed by atoms with E-state index in [0.29, 0.717) is 5.56 Å². The Morgan fingerprint density at radius 3 is 2.81 bits per heavy atom. The molecular formula is C13H15NO2. The average molecular weight is 217 g/mol. The average Bonchev–Trinajstić information content (AvgIpc) is 2.39. The monoisotopic (exact) mass is 217 g/mol. The normalized spacial score (nSPS) is 15.4. The molecule has 1 aromatic rings. The molecule has 1 aliphatic rings. The first kappa shape index (κ1) is 10.9. The van der Waals surface area contributed by atoms with E-state index in [1.165, 1.54) is 25.5 Å². The highest BCUT2D eigenvalue weighted by Gasteiger charge is 2.09. The summed E-state index contributed by atoms with van der Waals surface area (Å²) in [5.74, 6) is -0.336. The molecule has 0 spiro atoms. The summed E-state index contributed by atoms with van der Waals surface area (Å²) in [5.41, 5.74) is 2.78. The molecule has 1 aromatic heterocycles. The van der Waals surface area contributed by atoms with Crippen LogP contribution in [0.15, 0.2) is 24.4 Å². The van der Waals surface area contributed by atoms with Crippen molar-refractivity contribution in [3.05, 3.63) is 35.7 Å².